The van der Waals surface area contributed by atoms with Crippen molar-refractivity contribution in [2.75, 3.05) is 11.4 Å². The van der Waals surface area contributed by atoms with E-state index in [4.69, 9.17) is 5.26 Å². The first-order valence-electron chi connectivity index (χ1n) is 5.95. The van der Waals surface area contributed by atoms with Crippen LogP contribution in [0.1, 0.15) is 31.4 Å². The maximum Gasteiger partial charge on any atom is 0.326 e. The molecule has 2 rings (SSSR count). The molecule has 1 aliphatic heterocycles. The first-order chi connectivity index (χ1) is 8.72. The van der Waals surface area contributed by atoms with Crippen LogP contribution in [0.25, 0.3) is 0 Å². The Kier molecular flexibility index (Phi) is 3.72. The van der Waals surface area contributed by atoms with Gasteiger partial charge in [0.25, 0.3) is 0 Å². The molecule has 2 heterocycles. The van der Waals surface area contributed by atoms with E-state index in [0.717, 1.165) is 19.3 Å². The molecule has 94 valence electrons. The molecule has 0 aliphatic carbocycles. The molecule has 1 unspecified atom stereocenters. The van der Waals surface area contributed by atoms with Crippen LogP contribution in [0.15, 0.2) is 12.3 Å². The molecule has 1 saturated heterocycles. The summed E-state index contributed by atoms with van der Waals surface area (Å²) >= 11 is 0. The highest BCUT2D eigenvalue weighted by Crippen LogP contribution is 2.21. The van der Waals surface area contributed by atoms with Gasteiger partial charge in [0.2, 0.25) is 5.95 Å². The molecule has 0 bridgehead atoms. The summed E-state index contributed by atoms with van der Waals surface area (Å²) in [5.74, 6) is -0.522. The second-order valence-electron chi connectivity index (χ2n) is 4.25. The van der Waals surface area contributed by atoms with Crippen molar-refractivity contribution < 1.29 is 9.90 Å². The van der Waals surface area contributed by atoms with Crippen molar-refractivity contribution in [3.63, 3.8) is 0 Å². The minimum atomic E-state index is -0.858. The predicted octanol–water partition coefficient (Wildman–Crippen LogP) is 1.18. The Bertz CT molecular complexity index is 483. The Morgan fingerprint density at radius 1 is 1.50 bits per heavy atom. The third-order valence-electron chi connectivity index (χ3n) is 3.05. The van der Waals surface area contributed by atoms with Gasteiger partial charge in [-0.1, -0.05) is 12.8 Å². The molecule has 0 radical (unpaired) electrons. The summed E-state index contributed by atoms with van der Waals surface area (Å²) in [5, 5.41) is 18.1. The van der Waals surface area contributed by atoms with Crippen LogP contribution in [0.3, 0.4) is 0 Å². The SMILES string of the molecule is N#Cc1ccnc(N2CCCCCC2C(=O)O)n1. The number of aliphatic carboxylic acids is 1. The van der Waals surface area contributed by atoms with Crippen molar-refractivity contribution in [3.8, 4) is 6.07 Å². The number of carbonyl (C=O) groups is 1. The molecule has 6 heteroatoms. The summed E-state index contributed by atoms with van der Waals surface area (Å²) in [6.45, 7) is 0.617. The number of aromatic nitrogens is 2. The largest absolute Gasteiger partial charge is 0.480 e. The number of carboxylic acid groups (broad SMARTS) is 1. The van der Waals surface area contributed by atoms with Crippen LogP contribution in [0, 0.1) is 11.3 Å². The molecule has 6 nitrogen and oxygen atoms in total. The van der Waals surface area contributed by atoms with Gasteiger partial charge in [-0.15, -0.1) is 0 Å². The first-order valence-corrected chi connectivity index (χ1v) is 5.95. The zero-order valence-corrected chi connectivity index (χ0v) is 9.91. The third kappa shape index (κ3) is 2.56. The fourth-order valence-electron chi connectivity index (χ4n) is 2.15. The molecule has 1 fully saturated rings. The molecule has 1 N–H and O–H groups in total. The molecule has 0 saturated carbocycles. The van der Waals surface area contributed by atoms with Crippen LogP contribution in [0.2, 0.25) is 0 Å². The molecule has 18 heavy (non-hydrogen) atoms. The first kappa shape index (κ1) is 12.3. The summed E-state index contributed by atoms with van der Waals surface area (Å²) in [4.78, 5) is 21.1. The van der Waals surface area contributed by atoms with E-state index >= 15 is 0 Å². The summed E-state index contributed by atoms with van der Waals surface area (Å²) in [6.07, 6.45) is 4.91. The van der Waals surface area contributed by atoms with Gasteiger partial charge in [-0.2, -0.15) is 5.26 Å². The lowest BCUT2D eigenvalue weighted by Gasteiger charge is -2.26. The molecule has 0 amide bonds. The number of hydrogen-bond donors (Lipinski definition) is 1. The zero-order valence-electron chi connectivity index (χ0n) is 9.91. The van der Waals surface area contributed by atoms with Crippen LogP contribution in [0.5, 0.6) is 0 Å². The molecular formula is C12H14N4O2. The highest BCUT2D eigenvalue weighted by molar-refractivity contribution is 5.77. The standard InChI is InChI=1S/C12H14N4O2/c13-8-9-5-6-14-12(15-9)16-7-3-1-2-4-10(16)11(17)18/h5-6,10H,1-4,7H2,(H,17,18). The Morgan fingerprint density at radius 3 is 3.06 bits per heavy atom. The van der Waals surface area contributed by atoms with Crippen LogP contribution in [0.4, 0.5) is 5.95 Å². The number of rotatable bonds is 2. The molecular weight excluding hydrogens is 232 g/mol. The van der Waals surface area contributed by atoms with Gasteiger partial charge in [0, 0.05) is 12.7 Å². The van der Waals surface area contributed by atoms with Gasteiger partial charge in [0.05, 0.1) is 0 Å². The van der Waals surface area contributed by atoms with Crippen LogP contribution in [-0.2, 0) is 4.79 Å². The fraction of sp³-hybridized carbons (Fsp3) is 0.500. The summed E-state index contributed by atoms with van der Waals surface area (Å²) in [6, 6.07) is 2.86. The molecule has 0 spiro atoms. The monoisotopic (exact) mass is 246 g/mol. The van der Waals surface area contributed by atoms with E-state index in [-0.39, 0.29) is 5.69 Å². The van der Waals surface area contributed by atoms with Crippen molar-refractivity contribution in [3.05, 3.63) is 18.0 Å². The Hall–Kier alpha value is -2.16. The van der Waals surface area contributed by atoms with Gasteiger partial charge >= 0.3 is 5.97 Å². The van der Waals surface area contributed by atoms with Crippen LogP contribution >= 0.6 is 0 Å². The van der Waals surface area contributed by atoms with Crippen molar-refractivity contribution in [2.45, 2.75) is 31.7 Å². The van der Waals surface area contributed by atoms with Gasteiger partial charge in [0.15, 0.2) is 0 Å². The minimum Gasteiger partial charge on any atom is -0.480 e. The molecule has 1 aromatic rings. The number of anilines is 1. The van der Waals surface area contributed by atoms with E-state index in [1.807, 2.05) is 6.07 Å². The van der Waals surface area contributed by atoms with Crippen molar-refractivity contribution in [2.24, 2.45) is 0 Å². The van der Waals surface area contributed by atoms with Crippen molar-refractivity contribution in [1.82, 2.24) is 9.97 Å². The summed E-state index contributed by atoms with van der Waals surface area (Å²) in [5.41, 5.74) is 0.258. The summed E-state index contributed by atoms with van der Waals surface area (Å²) in [7, 11) is 0. The van der Waals surface area contributed by atoms with E-state index < -0.39 is 12.0 Å². The Labute approximate surface area is 105 Å². The Balaban J connectivity index is 2.32. The van der Waals surface area contributed by atoms with E-state index in [9.17, 15) is 9.90 Å². The predicted molar refractivity (Wildman–Crippen MR) is 64.0 cm³/mol. The second-order valence-corrected chi connectivity index (χ2v) is 4.25. The molecule has 1 aromatic heterocycles. The average molecular weight is 246 g/mol. The number of nitrogens with zero attached hydrogens (tertiary/aromatic N) is 4. The van der Waals surface area contributed by atoms with Gasteiger partial charge in [-0.25, -0.2) is 14.8 Å². The lowest BCUT2D eigenvalue weighted by Crippen LogP contribution is -2.41. The zero-order chi connectivity index (χ0) is 13.0. The highest BCUT2D eigenvalue weighted by Gasteiger charge is 2.28. The van der Waals surface area contributed by atoms with Crippen molar-refractivity contribution >= 4 is 11.9 Å². The van der Waals surface area contributed by atoms with E-state index in [1.165, 1.54) is 12.3 Å². The lowest BCUT2D eigenvalue weighted by molar-refractivity contribution is -0.138. The van der Waals surface area contributed by atoms with Crippen molar-refractivity contribution in [1.29, 1.82) is 5.26 Å². The van der Waals surface area contributed by atoms with Gasteiger partial charge in [0.1, 0.15) is 17.8 Å². The smallest absolute Gasteiger partial charge is 0.326 e. The molecule has 1 aliphatic rings. The van der Waals surface area contributed by atoms with Gasteiger partial charge < -0.3 is 10.0 Å². The Morgan fingerprint density at radius 2 is 2.33 bits per heavy atom. The van der Waals surface area contributed by atoms with Crippen LogP contribution in [-0.4, -0.2) is 33.6 Å². The quantitative estimate of drug-likeness (QED) is 0.842. The summed E-state index contributed by atoms with van der Waals surface area (Å²) < 4.78 is 0. The fourth-order valence-corrected chi connectivity index (χ4v) is 2.15. The van der Waals surface area contributed by atoms with E-state index in [2.05, 4.69) is 9.97 Å². The molecule has 0 aromatic carbocycles. The maximum atomic E-state index is 11.3. The highest BCUT2D eigenvalue weighted by atomic mass is 16.4. The topological polar surface area (TPSA) is 90.1 Å². The molecule has 1 atom stereocenters. The van der Waals surface area contributed by atoms with Gasteiger partial charge in [-0.3, -0.25) is 0 Å². The van der Waals surface area contributed by atoms with Gasteiger partial charge in [-0.05, 0) is 18.9 Å². The number of hydrogen-bond acceptors (Lipinski definition) is 5. The minimum absolute atomic E-state index is 0.258. The average Bonchev–Trinajstić information content (AvgIpc) is 2.64. The third-order valence-corrected chi connectivity index (χ3v) is 3.05. The van der Waals surface area contributed by atoms with E-state index in [1.54, 1.807) is 4.90 Å². The van der Waals surface area contributed by atoms with Crippen LogP contribution < -0.4 is 4.90 Å². The number of carboxylic acids is 1. The second kappa shape index (κ2) is 5.45. The van der Waals surface area contributed by atoms with E-state index in [0.29, 0.717) is 18.9 Å². The number of nitriles is 1. The maximum absolute atomic E-state index is 11.3. The normalized spacial score (nSPS) is 19.9. The lowest BCUT2D eigenvalue weighted by atomic mass is 10.1.